The number of aliphatic carboxylic acids is 1. The van der Waals surface area contributed by atoms with Crippen LogP contribution in [0, 0.1) is 5.92 Å². The van der Waals surface area contributed by atoms with Crippen LogP contribution in [0.5, 0.6) is 5.75 Å². The number of carboxylic acids is 1. The van der Waals surface area contributed by atoms with Crippen LogP contribution in [-0.2, 0) is 17.8 Å². The number of hydrogen-bond acceptors (Lipinski definition) is 4. The fourth-order valence-corrected chi connectivity index (χ4v) is 5.42. The Balaban J connectivity index is 1.34. The number of carbonyl (C=O) groups is 1. The fraction of sp³-hybridized carbons (Fsp3) is 0.500. The van der Waals surface area contributed by atoms with Crippen LogP contribution in [0.15, 0.2) is 42.5 Å². The van der Waals surface area contributed by atoms with Crippen LogP contribution in [0.2, 0.25) is 5.02 Å². The van der Waals surface area contributed by atoms with Crippen molar-refractivity contribution in [1.82, 2.24) is 10.6 Å². The van der Waals surface area contributed by atoms with Crippen LogP contribution in [0.25, 0.3) is 0 Å². The molecule has 3 N–H and O–H groups in total. The highest BCUT2D eigenvalue weighted by Crippen LogP contribution is 2.39. The predicted octanol–water partition coefficient (Wildman–Crippen LogP) is 4.77. The first-order valence-electron chi connectivity index (χ1n) is 11.7. The van der Waals surface area contributed by atoms with Gasteiger partial charge in [0.05, 0.1) is 0 Å². The van der Waals surface area contributed by atoms with Gasteiger partial charge in [-0.1, -0.05) is 35.9 Å². The summed E-state index contributed by atoms with van der Waals surface area (Å²) in [5.41, 5.74) is 4.04. The highest BCUT2D eigenvalue weighted by molar-refractivity contribution is 6.31. The zero-order valence-corrected chi connectivity index (χ0v) is 19.4. The van der Waals surface area contributed by atoms with E-state index in [4.69, 9.17) is 21.4 Å². The van der Waals surface area contributed by atoms with E-state index < -0.39 is 12.0 Å². The topological polar surface area (TPSA) is 70.6 Å². The largest absolute Gasteiger partial charge is 0.489 e. The van der Waals surface area contributed by atoms with Gasteiger partial charge in [-0.25, -0.2) is 0 Å². The lowest BCUT2D eigenvalue weighted by Crippen LogP contribution is -2.30. The van der Waals surface area contributed by atoms with Crippen molar-refractivity contribution < 1.29 is 14.6 Å². The third kappa shape index (κ3) is 5.64. The number of hydrogen-bond donors (Lipinski definition) is 3. The van der Waals surface area contributed by atoms with Gasteiger partial charge in [0.25, 0.3) is 0 Å². The predicted molar refractivity (Wildman–Crippen MR) is 128 cm³/mol. The Morgan fingerprint density at radius 1 is 1.16 bits per heavy atom. The Morgan fingerprint density at radius 2 is 1.94 bits per heavy atom. The standard InChI is InChI=1S/C26H33ClN2O3/c1-28-15-19-4-2-3-5-23(19)18-8-6-17(7-9-18)12-20-13-21(10-11-24(20)27)32-22-14-25(26(30)31)29-16-22/h2-5,10-11,13,17-18,22,25,28-29H,6-9,12,14-16H2,1H3,(H,30,31)/t17?,18?,22-,25-/m0/s1. The van der Waals surface area contributed by atoms with Gasteiger partial charge in [0.1, 0.15) is 17.9 Å². The molecule has 172 valence electrons. The molecule has 0 amide bonds. The molecule has 1 aliphatic carbocycles. The monoisotopic (exact) mass is 456 g/mol. The number of carboxylic acid groups (broad SMARTS) is 1. The van der Waals surface area contributed by atoms with E-state index in [0.717, 1.165) is 29.3 Å². The second-order valence-electron chi connectivity index (χ2n) is 9.18. The zero-order chi connectivity index (χ0) is 22.5. The normalized spacial score (nSPS) is 25.6. The van der Waals surface area contributed by atoms with Crippen molar-refractivity contribution in [3.05, 3.63) is 64.2 Å². The van der Waals surface area contributed by atoms with Crippen molar-refractivity contribution in [1.29, 1.82) is 0 Å². The van der Waals surface area contributed by atoms with E-state index in [1.54, 1.807) is 0 Å². The molecular weight excluding hydrogens is 424 g/mol. The summed E-state index contributed by atoms with van der Waals surface area (Å²) in [6, 6.07) is 14.1. The molecule has 6 heteroatoms. The van der Waals surface area contributed by atoms with E-state index in [-0.39, 0.29) is 6.10 Å². The van der Waals surface area contributed by atoms with Crippen LogP contribution in [0.3, 0.4) is 0 Å². The van der Waals surface area contributed by atoms with E-state index in [2.05, 4.69) is 34.9 Å². The number of halogens is 1. The molecule has 2 fully saturated rings. The fourth-order valence-electron chi connectivity index (χ4n) is 5.23. The number of rotatable bonds is 8. The Kier molecular flexibility index (Phi) is 7.71. The van der Waals surface area contributed by atoms with E-state index in [1.165, 1.54) is 36.8 Å². The molecule has 0 aromatic heterocycles. The molecule has 0 bridgehead atoms. The summed E-state index contributed by atoms with van der Waals surface area (Å²) in [4.78, 5) is 11.1. The molecule has 1 saturated carbocycles. The lowest BCUT2D eigenvalue weighted by atomic mass is 9.75. The SMILES string of the molecule is CNCc1ccccc1C1CCC(Cc2cc(O[C@@H]3CN[C@H](C(=O)O)C3)ccc2Cl)CC1. The van der Waals surface area contributed by atoms with Crippen LogP contribution in [-0.4, -0.2) is 36.8 Å². The van der Waals surface area contributed by atoms with Crippen molar-refractivity contribution in [3.63, 3.8) is 0 Å². The third-order valence-corrected chi connectivity index (χ3v) is 7.29. The van der Waals surface area contributed by atoms with Crippen molar-refractivity contribution in [3.8, 4) is 5.75 Å². The molecule has 1 heterocycles. The Bertz CT molecular complexity index is 927. The average Bonchev–Trinajstić information content (AvgIpc) is 3.26. The Morgan fingerprint density at radius 3 is 2.66 bits per heavy atom. The van der Waals surface area contributed by atoms with Gasteiger partial charge in [0.15, 0.2) is 0 Å². The first-order valence-corrected chi connectivity index (χ1v) is 12.0. The minimum absolute atomic E-state index is 0.127. The summed E-state index contributed by atoms with van der Waals surface area (Å²) in [6.45, 7) is 1.47. The maximum absolute atomic E-state index is 11.1. The van der Waals surface area contributed by atoms with Gasteiger partial charge in [-0.2, -0.15) is 0 Å². The molecule has 0 spiro atoms. The minimum atomic E-state index is -0.822. The van der Waals surface area contributed by atoms with Gasteiger partial charge in [0, 0.05) is 24.5 Å². The third-order valence-electron chi connectivity index (χ3n) is 6.93. The minimum Gasteiger partial charge on any atom is -0.489 e. The molecule has 2 aromatic carbocycles. The Hall–Kier alpha value is -2.08. The summed E-state index contributed by atoms with van der Waals surface area (Å²) >= 11 is 6.52. The number of ether oxygens (including phenoxy) is 1. The van der Waals surface area contributed by atoms with Crippen molar-refractivity contribution in [2.45, 2.75) is 63.1 Å². The summed E-state index contributed by atoms with van der Waals surface area (Å²) in [5, 5.41) is 16.2. The van der Waals surface area contributed by atoms with Gasteiger partial charge in [0.2, 0.25) is 0 Å². The van der Waals surface area contributed by atoms with Gasteiger partial charge >= 0.3 is 5.97 Å². The molecule has 32 heavy (non-hydrogen) atoms. The van der Waals surface area contributed by atoms with Crippen LogP contribution in [0.4, 0.5) is 0 Å². The van der Waals surface area contributed by atoms with Crippen molar-refractivity contribution in [2.75, 3.05) is 13.6 Å². The molecule has 2 aliphatic rings. The van der Waals surface area contributed by atoms with E-state index >= 15 is 0 Å². The first kappa shape index (κ1) is 23.1. The van der Waals surface area contributed by atoms with Crippen LogP contribution < -0.4 is 15.4 Å². The lowest BCUT2D eigenvalue weighted by Gasteiger charge is -2.30. The summed E-state index contributed by atoms with van der Waals surface area (Å²) in [7, 11) is 2.00. The van der Waals surface area contributed by atoms with E-state index in [1.807, 2.05) is 25.2 Å². The van der Waals surface area contributed by atoms with Gasteiger partial charge < -0.3 is 20.5 Å². The molecule has 2 atom stereocenters. The quantitative estimate of drug-likeness (QED) is 0.533. The molecule has 2 aromatic rings. The lowest BCUT2D eigenvalue weighted by molar-refractivity contribution is -0.139. The van der Waals surface area contributed by atoms with Gasteiger partial charge in [-0.05, 0) is 85.9 Å². The summed E-state index contributed by atoms with van der Waals surface area (Å²) in [6.07, 6.45) is 6.14. The van der Waals surface area contributed by atoms with Crippen molar-refractivity contribution >= 4 is 17.6 Å². The second-order valence-corrected chi connectivity index (χ2v) is 9.59. The maximum atomic E-state index is 11.1. The highest BCUT2D eigenvalue weighted by Gasteiger charge is 2.30. The Labute approximate surface area is 195 Å². The number of nitrogens with one attached hydrogen (secondary N) is 2. The number of benzene rings is 2. The summed E-state index contributed by atoms with van der Waals surface area (Å²) in [5.74, 6) is 1.21. The molecule has 1 aliphatic heterocycles. The van der Waals surface area contributed by atoms with Gasteiger partial charge in [-0.15, -0.1) is 0 Å². The first-order chi connectivity index (χ1) is 15.5. The second kappa shape index (κ2) is 10.7. The smallest absolute Gasteiger partial charge is 0.320 e. The molecule has 1 saturated heterocycles. The molecular formula is C26H33ClN2O3. The molecule has 4 rings (SSSR count). The molecule has 0 unspecified atom stereocenters. The zero-order valence-electron chi connectivity index (χ0n) is 18.6. The molecule has 0 radical (unpaired) electrons. The van der Waals surface area contributed by atoms with Gasteiger partial charge in [-0.3, -0.25) is 4.79 Å². The molecule has 5 nitrogen and oxygen atoms in total. The van der Waals surface area contributed by atoms with E-state index in [9.17, 15) is 4.79 Å². The highest BCUT2D eigenvalue weighted by atomic mass is 35.5. The maximum Gasteiger partial charge on any atom is 0.320 e. The van der Waals surface area contributed by atoms with Crippen molar-refractivity contribution in [2.24, 2.45) is 5.92 Å². The van der Waals surface area contributed by atoms with Crippen LogP contribution >= 0.6 is 11.6 Å². The summed E-state index contributed by atoms with van der Waals surface area (Å²) < 4.78 is 6.06. The average molecular weight is 457 g/mol. The van der Waals surface area contributed by atoms with Crippen LogP contribution in [0.1, 0.15) is 54.7 Å². The van der Waals surface area contributed by atoms with E-state index in [0.29, 0.717) is 24.8 Å².